The van der Waals surface area contributed by atoms with Gasteiger partial charge in [-0.15, -0.1) is 6.58 Å². The molecule has 0 aliphatic heterocycles. The fourth-order valence-corrected chi connectivity index (χ4v) is 1.61. The maximum atomic E-state index is 5.15. The smallest absolute Gasteiger partial charge is 0.189 e. The number of anilines is 1. The summed E-state index contributed by atoms with van der Waals surface area (Å²) < 4.78 is 0. The Morgan fingerprint density at radius 2 is 1.84 bits per heavy atom. The van der Waals surface area contributed by atoms with E-state index < -0.39 is 0 Å². The largest absolute Gasteiger partial charge is 0.358 e. The van der Waals surface area contributed by atoms with E-state index in [1.165, 1.54) is 11.1 Å². The van der Waals surface area contributed by atoms with E-state index in [-0.39, 0.29) is 0 Å². The summed E-state index contributed by atoms with van der Waals surface area (Å²) in [5.74, 6) is 0. The topological polar surface area (TPSA) is 48.1 Å². The fourth-order valence-electron chi connectivity index (χ4n) is 1.30. The van der Waals surface area contributed by atoms with Crippen LogP contribution in [0, 0.1) is 13.8 Å². The van der Waals surface area contributed by atoms with Crippen LogP contribution < -0.4 is 21.5 Å². The van der Waals surface area contributed by atoms with Gasteiger partial charge in [0.1, 0.15) is 0 Å². The molecule has 1 aromatic carbocycles. The van der Waals surface area contributed by atoms with E-state index in [9.17, 15) is 0 Å². The third-order valence-corrected chi connectivity index (χ3v) is 2.91. The highest BCUT2D eigenvalue weighted by Crippen LogP contribution is 2.13. The standard InChI is InChI=1S/C13H18N4S2/c1-4-7-14-12(18)16-17-13(19)15-11-6-5-9(2)10(3)8-11/h4-6,8H,1,7H2,2-3H3,(H2,14,16,18)(H2,15,17,19). The lowest BCUT2D eigenvalue weighted by Crippen LogP contribution is -2.48. The second-order valence-electron chi connectivity index (χ2n) is 4.00. The first-order valence-corrected chi connectivity index (χ1v) is 6.63. The van der Waals surface area contributed by atoms with Crippen molar-refractivity contribution in [3.63, 3.8) is 0 Å². The summed E-state index contributed by atoms with van der Waals surface area (Å²) in [5.41, 5.74) is 8.99. The molecular weight excluding hydrogens is 276 g/mol. The quantitative estimate of drug-likeness (QED) is 0.389. The Bertz CT molecular complexity index is 486. The van der Waals surface area contributed by atoms with E-state index in [0.29, 0.717) is 16.8 Å². The van der Waals surface area contributed by atoms with Crippen LogP contribution >= 0.6 is 24.4 Å². The monoisotopic (exact) mass is 294 g/mol. The van der Waals surface area contributed by atoms with Crippen LogP contribution in [0.3, 0.4) is 0 Å². The molecule has 0 bridgehead atoms. The van der Waals surface area contributed by atoms with Crippen LogP contribution in [-0.4, -0.2) is 16.8 Å². The van der Waals surface area contributed by atoms with E-state index in [2.05, 4.69) is 41.9 Å². The summed E-state index contributed by atoms with van der Waals surface area (Å²) in [7, 11) is 0. The first-order valence-electron chi connectivity index (χ1n) is 5.82. The van der Waals surface area contributed by atoms with Crippen molar-refractivity contribution in [3.8, 4) is 0 Å². The molecule has 4 nitrogen and oxygen atoms in total. The Hall–Kier alpha value is -1.66. The van der Waals surface area contributed by atoms with Crippen molar-refractivity contribution in [1.82, 2.24) is 16.2 Å². The van der Waals surface area contributed by atoms with Crippen LogP contribution in [0.15, 0.2) is 30.9 Å². The van der Waals surface area contributed by atoms with Crippen molar-refractivity contribution in [2.75, 3.05) is 11.9 Å². The van der Waals surface area contributed by atoms with E-state index in [0.717, 1.165) is 5.69 Å². The van der Waals surface area contributed by atoms with E-state index in [1.807, 2.05) is 18.2 Å². The summed E-state index contributed by atoms with van der Waals surface area (Å²) in [6.07, 6.45) is 1.72. The van der Waals surface area contributed by atoms with Gasteiger partial charge in [-0.3, -0.25) is 10.9 Å². The molecule has 1 aromatic rings. The second-order valence-corrected chi connectivity index (χ2v) is 4.82. The van der Waals surface area contributed by atoms with Crippen molar-refractivity contribution in [1.29, 1.82) is 0 Å². The minimum absolute atomic E-state index is 0.450. The van der Waals surface area contributed by atoms with Crippen LogP contribution in [0.4, 0.5) is 5.69 Å². The highest BCUT2D eigenvalue weighted by Gasteiger charge is 2.00. The van der Waals surface area contributed by atoms with Crippen molar-refractivity contribution in [3.05, 3.63) is 42.0 Å². The fraction of sp³-hybridized carbons (Fsp3) is 0.231. The first kappa shape index (κ1) is 15.4. The molecule has 0 spiro atoms. The molecule has 0 fully saturated rings. The summed E-state index contributed by atoms with van der Waals surface area (Å²) in [4.78, 5) is 0. The second kappa shape index (κ2) is 7.70. The molecule has 19 heavy (non-hydrogen) atoms. The number of nitrogens with one attached hydrogen (secondary N) is 4. The minimum Gasteiger partial charge on any atom is -0.358 e. The molecule has 4 N–H and O–H groups in total. The van der Waals surface area contributed by atoms with E-state index >= 15 is 0 Å². The number of aryl methyl sites for hydroxylation is 2. The van der Waals surface area contributed by atoms with Crippen LogP contribution in [0.5, 0.6) is 0 Å². The lowest BCUT2D eigenvalue weighted by molar-refractivity contribution is 0.839. The zero-order chi connectivity index (χ0) is 14.3. The first-order chi connectivity index (χ1) is 9.02. The third kappa shape index (κ3) is 5.67. The Morgan fingerprint density at radius 1 is 1.16 bits per heavy atom. The Kier molecular flexibility index (Phi) is 6.24. The molecule has 0 aliphatic carbocycles. The SMILES string of the molecule is C=CCNC(=S)NNC(=S)Nc1ccc(C)c(C)c1. The van der Waals surface area contributed by atoms with Gasteiger partial charge in [-0.05, 0) is 61.5 Å². The highest BCUT2D eigenvalue weighted by atomic mass is 32.1. The molecule has 0 unspecified atom stereocenters. The predicted molar refractivity (Wildman–Crippen MR) is 89.2 cm³/mol. The molecule has 6 heteroatoms. The van der Waals surface area contributed by atoms with E-state index in [1.54, 1.807) is 6.08 Å². The number of hydrogen-bond acceptors (Lipinski definition) is 2. The number of rotatable bonds is 3. The number of hydrazine groups is 1. The maximum absolute atomic E-state index is 5.15. The van der Waals surface area contributed by atoms with Crippen LogP contribution in [0.25, 0.3) is 0 Å². The van der Waals surface area contributed by atoms with Crippen molar-refractivity contribution in [2.24, 2.45) is 0 Å². The molecule has 0 atom stereocenters. The maximum Gasteiger partial charge on any atom is 0.189 e. The molecule has 0 amide bonds. The molecule has 0 aromatic heterocycles. The van der Waals surface area contributed by atoms with E-state index in [4.69, 9.17) is 24.4 Å². The van der Waals surface area contributed by atoms with Crippen molar-refractivity contribution in [2.45, 2.75) is 13.8 Å². The van der Waals surface area contributed by atoms with Crippen molar-refractivity contribution < 1.29 is 0 Å². The van der Waals surface area contributed by atoms with Gasteiger partial charge in [-0.2, -0.15) is 0 Å². The Labute approximate surface area is 124 Å². The van der Waals surface area contributed by atoms with Gasteiger partial charge in [-0.25, -0.2) is 0 Å². The van der Waals surface area contributed by atoms with Crippen LogP contribution in [0.1, 0.15) is 11.1 Å². The molecule has 0 heterocycles. The van der Waals surface area contributed by atoms with Gasteiger partial charge in [0.05, 0.1) is 0 Å². The summed E-state index contributed by atoms with van der Waals surface area (Å²) >= 11 is 10.2. The molecule has 0 saturated heterocycles. The van der Waals surface area contributed by atoms with Gasteiger partial charge in [0.15, 0.2) is 10.2 Å². The minimum atomic E-state index is 0.450. The molecule has 0 radical (unpaired) electrons. The predicted octanol–water partition coefficient (Wildman–Crippen LogP) is 2.15. The van der Waals surface area contributed by atoms with Crippen LogP contribution in [-0.2, 0) is 0 Å². The van der Waals surface area contributed by atoms with Crippen molar-refractivity contribution >= 4 is 40.3 Å². The van der Waals surface area contributed by atoms with Gasteiger partial charge in [-0.1, -0.05) is 12.1 Å². The number of hydrogen-bond donors (Lipinski definition) is 4. The Balaban J connectivity index is 2.40. The molecular formula is C13H18N4S2. The normalized spacial score (nSPS) is 9.37. The van der Waals surface area contributed by atoms with Gasteiger partial charge < -0.3 is 10.6 Å². The van der Waals surface area contributed by atoms with Crippen LogP contribution in [0.2, 0.25) is 0 Å². The lowest BCUT2D eigenvalue weighted by Gasteiger charge is -2.14. The third-order valence-electron chi connectivity index (χ3n) is 2.46. The molecule has 102 valence electrons. The van der Waals surface area contributed by atoms with Gasteiger partial charge in [0.25, 0.3) is 0 Å². The van der Waals surface area contributed by atoms with Gasteiger partial charge >= 0.3 is 0 Å². The Morgan fingerprint density at radius 3 is 2.47 bits per heavy atom. The highest BCUT2D eigenvalue weighted by molar-refractivity contribution is 7.80. The zero-order valence-electron chi connectivity index (χ0n) is 11.0. The number of benzene rings is 1. The van der Waals surface area contributed by atoms with Gasteiger partial charge in [0, 0.05) is 12.2 Å². The molecule has 1 rings (SSSR count). The molecule has 0 saturated carbocycles. The average molecular weight is 294 g/mol. The molecule has 0 aliphatic rings. The zero-order valence-corrected chi connectivity index (χ0v) is 12.7. The van der Waals surface area contributed by atoms with Gasteiger partial charge in [0.2, 0.25) is 0 Å². The summed E-state index contributed by atoms with van der Waals surface area (Å²) in [6, 6.07) is 6.06. The summed E-state index contributed by atoms with van der Waals surface area (Å²) in [5, 5.41) is 6.90. The number of thiocarbonyl (C=S) groups is 2. The summed E-state index contributed by atoms with van der Waals surface area (Å²) in [6.45, 7) is 8.32. The average Bonchev–Trinajstić information content (AvgIpc) is 2.38. The lowest BCUT2D eigenvalue weighted by atomic mass is 10.1.